The fourth-order valence-corrected chi connectivity index (χ4v) is 9.31. The molecule has 266 valence electrons. The second-order valence-electron chi connectivity index (χ2n) is 14.3. The number of nitrogens with zero attached hydrogens (tertiary/aromatic N) is 3. The monoisotopic (exact) mass is 747 g/mol. The van der Waals surface area contributed by atoms with Gasteiger partial charge in [-0.25, -0.2) is 15.0 Å². The van der Waals surface area contributed by atoms with Gasteiger partial charge >= 0.3 is 0 Å². The first-order valence-electron chi connectivity index (χ1n) is 18.9. The fraction of sp³-hybridized carbons (Fsp3) is 0. The first kappa shape index (κ1) is 31.9. The van der Waals surface area contributed by atoms with E-state index in [1.807, 2.05) is 53.8 Å². The molecule has 12 aromatic rings. The zero-order chi connectivity index (χ0) is 37.5. The SMILES string of the molecule is c1ccc(-c2cccc(-c3nc(-c4ccc5c(c4)oc4ccccc45)nc(-c4ccc(-c5ccc6sc7ccccc7c6c5)c5oc6ccccc6c45)n3)c2)cc1. The summed E-state index contributed by atoms with van der Waals surface area (Å²) in [7, 11) is 0. The van der Waals surface area contributed by atoms with Crippen molar-refractivity contribution in [2.45, 2.75) is 0 Å². The third-order valence-corrected chi connectivity index (χ3v) is 12.1. The van der Waals surface area contributed by atoms with Crippen molar-refractivity contribution in [1.29, 1.82) is 0 Å². The molecule has 4 heterocycles. The average Bonchev–Trinajstić information content (AvgIpc) is 3.97. The lowest BCUT2D eigenvalue weighted by Crippen LogP contribution is -2.01. The molecule has 0 N–H and O–H groups in total. The number of benzene rings is 8. The van der Waals surface area contributed by atoms with Crippen LogP contribution >= 0.6 is 11.3 Å². The number of hydrogen-bond donors (Lipinski definition) is 0. The fourth-order valence-electron chi connectivity index (χ4n) is 8.22. The van der Waals surface area contributed by atoms with E-state index in [2.05, 4.69) is 133 Å². The lowest BCUT2D eigenvalue weighted by atomic mass is 9.97. The van der Waals surface area contributed by atoms with E-state index in [0.717, 1.165) is 82.8 Å². The molecule has 0 aliphatic rings. The summed E-state index contributed by atoms with van der Waals surface area (Å²) in [5, 5.41) is 6.60. The molecule has 0 atom stereocenters. The molecule has 12 rings (SSSR count). The van der Waals surface area contributed by atoms with Gasteiger partial charge in [-0.1, -0.05) is 115 Å². The summed E-state index contributed by atoms with van der Waals surface area (Å²) in [5.41, 5.74) is 10.2. The van der Waals surface area contributed by atoms with Crippen LogP contribution in [0.15, 0.2) is 185 Å². The number of fused-ring (bicyclic) bond motifs is 9. The van der Waals surface area contributed by atoms with Gasteiger partial charge in [0, 0.05) is 64.0 Å². The minimum Gasteiger partial charge on any atom is -0.456 e. The highest BCUT2D eigenvalue weighted by atomic mass is 32.1. The van der Waals surface area contributed by atoms with Gasteiger partial charge in [-0.05, 0) is 77.4 Å². The number of aromatic nitrogens is 3. The Morgan fingerprint density at radius 2 is 0.947 bits per heavy atom. The van der Waals surface area contributed by atoms with Crippen molar-refractivity contribution in [3.05, 3.63) is 176 Å². The van der Waals surface area contributed by atoms with Crippen LogP contribution in [0.25, 0.3) is 120 Å². The van der Waals surface area contributed by atoms with Crippen molar-refractivity contribution in [1.82, 2.24) is 15.0 Å². The van der Waals surface area contributed by atoms with Crippen LogP contribution in [0.4, 0.5) is 0 Å². The summed E-state index contributed by atoms with van der Waals surface area (Å²) in [5.74, 6) is 1.70. The van der Waals surface area contributed by atoms with E-state index in [0.29, 0.717) is 17.5 Å². The molecule has 0 saturated heterocycles. The summed E-state index contributed by atoms with van der Waals surface area (Å²) in [6.45, 7) is 0. The third kappa shape index (κ3) is 5.19. The Balaban J connectivity index is 1.09. The molecule has 0 spiro atoms. The minimum absolute atomic E-state index is 0.558. The Morgan fingerprint density at radius 3 is 1.81 bits per heavy atom. The van der Waals surface area contributed by atoms with Crippen LogP contribution < -0.4 is 0 Å². The maximum absolute atomic E-state index is 6.77. The molecule has 8 aromatic carbocycles. The van der Waals surface area contributed by atoms with Crippen molar-refractivity contribution in [3.8, 4) is 56.4 Å². The van der Waals surface area contributed by atoms with Crippen molar-refractivity contribution >= 4 is 75.4 Å². The molecule has 0 aliphatic heterocycles. The van der Waals surface area contributed by atoms with E-state index in [1.54, 1.807) is 0 Å². The highest BCUT2D eigenvalue weighted by Gasteiger charge is 2.22. The predicted molar refractivity (Wildman–Crippen MR) is 234 cm³/mol. The number of hydrogen-bond acceptors (Lipinski definition) is 6. The van der Waals surface area contributed by atoms with Crippen LogP contribution in [-0.4, -0.2) is 15.0 Å². The smallest absolute Gasteiger partial charge is 0.164 e. The second kappa shape index (κ2) is 12.6. The van der Waals surface area contributed by atoms with Gasteiger partial charge in [0.1, 0.15) is 22.3 Å². The van der Waals surface area contributed by atoms with Crippen LogP contribution in [0.5, 0.6) is 0 Å². The molecule has 0 bridgehead atoms. The number of para-hydroxylation sites is 2. The first-order chi connectivity index (χ1) is 28.2. The van der Waals surface area contributed by atoms with Gasteiger partial charge in [0.2, 0.25) is 0 Å². The van der Waals surface area contributed by atoms with Crippen LogP contribution in [0.3, 0.4) is 0 Å². The topological polar surface area (TPSA) is 65.0 Å². The Bertz CT molecular complexity index is 3540. The van der Waals surface area contributed by atoms with Crippen molar-refractivity contribution in [2.75, 3.05) is 0 Å². The Hall–Kier alpha value is -7.41. The van der Waals surface area contributed by atoms with Crippen LogP contribution in [0.2, 0.25) is 0 Å². The lowest BCUT2D eigenvalue weighted by Gasteiger charge is -2.12. The minimum atomic E-state index is 0.558. The highest BCUT2D eigenvalue weighted by molar-refractivity contribution is 7.25. The quantitative estimate of drug-likeness (QED) is 0.175. The maximum atomic E-state index is 6.77. The molecule has 0 fully saturated rings. The maximum Gasteiger partial charge on any atom is 0.164 e. The molecular weight excluding hydrogens is 719 g/mol. The molecule has 4 aromatic heterocycles. The zero-order valence-electron chi connectivity index (χ0n) is 30.3. The van der Waals surface area contributed by atoms with E-state index < -0.39 is 0 Å². The molecule has 0 aliphatic carbocycles. The van der Waals surface area contributed by atoms with E-state index in [9.17, 15) is 0 Å². The molecule has 57 heavy (non-hydrogen) atoms. The number of furan rings is 2. The van der Waals surface area contributed by atoms with Gasteiger partial charge < -0.3 is 8.83 Å². The van der Waals surface area contributed by atoms with Gasteiger partial charge in [0.15, 0.2) is 17.5 Å². The van der Waals surface area contributed by atoms with Crippen LogP contribution in [0.1, 0.15) is 0 Å². The molecule has 0 saturated carbocycles. The van der Waals surface area contributed by atoms with Gasteiger partial charge in [-0.15, -0.1) is 11.3 Å². The van der Waals surface area contributed by atoms with E-state index in [4.69, 9.17) is 23.8 Å². The molecule has 0 amide bonds. The Morgan fingerprint density at radius 1 is 0.333 bits per heavy atom. The van der Waals surface area contributed by atoms with E-state index in [1.165, 1.54) is 20.2 Å². The van der Waals surface area contributed by atoms with Gasteiger partial charge in [-0.2, -0.15) is 0 Å². The highest BCUT2D eigenvalue weighted by Crippen LogP contribution is 2.44. The Kier molecular flexibility index (Phi) is 7.03. The van der Waals surface area contributed by atoms with Crippen molar-refractivity contribution in [3.63, 3.8) is 0 Å². The van der Waals surface area contributed by atoms with E-state index >= 15 is 0 Å². The predicted octanol–water partition coefficient (Wildman–Crippen LogP) is 14.4. The van der Waals surface area contributed by atoms with Crippen LogP contribution in [-0.2, 0) is 0 Å². The van der Waals surface area contributed by atoms with Gasteiger partial charge in [0.25, 0.3) is 0 Å². The molecule has 0 unspecified atom stereocenters. The lowest BCUT2D eigenvalue weighted by molar-refractivity contribution is 0.669. The molecule has 0 radical (unpaired) electrons. The molecule has 5 nitrogen and oxygen atoms in total. The average molecular weight is 748 g/mol. The zero-order valence-corrected chi connectivity index (χ0v) is 31.1. The van der Waals surface area contributed by atoms with Crippen molar-refractivity contribution < 1.29 is 8.83 Å². The van der Waals surface area contributed by atoms with Gasteiger partial charge in [-0.3, -0.25) is 0 Å². The summed E-state index contributed by atoms with van der Waals surface area (Å²) >= 11 is 1.82. The van der Waals surface area contributed by atoms with Gasteiger partial charge in [0.05, 0.1) is 0 Å². The normalized spacial score (nSPS) is 11.9. The standard InChI is InChI=1S/C51H29N3O2S/c1-2-11-30(12-3-1)31-13-10-14-33(27-31)49-52-50(34-21-23-37-36-15-4-7-18-42(36)55-44(37)29-34)54-51(53-49)40-25-24-35(48-47(40)39-17-5-8-19-43(39)56-48)32-22-26-46-41(28-32)38-16-6-9-20-45(38)57-46/h1-29H. The summed E-state index contributed by atoms with van der Waals surface area (Å²) in [4.78, 5) is 15.6. The molecular formula is C51H29N3O2S. The first-order valence-corrected chi connectivity index (χ1v) is 19.7. The largest absolute Gasteiger partial charge is 0.456 e. The number of rotatable bonds is 5. The summed E-state index contributed by atoms with van der Waals surface area (Å²) in [6.07, 6.45) is 0. The summed E-state index contributed by atoms with van der Waals surface area (Å²) in [6, 6.07) is 60.9. The van der Waals surface area contributed by atoms with Crippen molar-refractivity contribution in [2.24, 2.45) is 0 Å². The molecule has 6 heteroatoms. The van der Waals surface area contributed by atoms with Crippen LogP contribution in [0, 0.1) is 0 Å². The van der Waals surface area contributed by atoms with E-state index in [-0.39, 0.29) is 0 Å². The third-order valence-electron chi connectivity index (χ3n) is 11.0. The second-order valence-corrected chi connectivity index (χ2v) is 15.4. The Labute approximate surface area is 330 Å². The number of thiophene rings is 1. The summed E-state index contributed by atoms with van der Waals surface area (Å²) < 4.78 is 15.6.